The molecule has 0 aromatic carbocycles. The van der Waals surface area contributed by atoms with Gasteiger partial charge in [0, 0.05) is 12.0 Å². The molecule has 1 heterocycles. The second-order valence-corrected chi connectivity index (χ2v) is 3.92. The van der Waals surface area contributed by atoms with Gasteiger partial charge >= 0.3 is 7.69 Å². The molecule has 0 atom stereocenters. The van der Waals surface area contributed by atoms with Crippen molar-refractivity contribution in [1.82, 2.24) is 0 Å². The molecule has 10 heavy (non-hydrogen) atoms. The standard InChI is InChI=1S/C7H14BO2/c1-6(2)5-9-8-10-7(6,3)4/h5H2,1-4H3. The molecule has 0 bridgehead atoms. The summed E-state index contributed by atoms with van der Waals surface area (Å²) < 4.78 is 10.4. The van der Waals surface area contributed by atoms with Crippen molar-refractivity contribution < 1.29 is 9.31 Å². The van der Waals surface area contributed by atoms with Crippen LogP contribution in [-0.2, 0) is 9.31 Å². The van der Waals surface area contributed by atoms with Crippen LogP contribution >= 0.6 is 0 Å². The molecule has 0 aromatic rings. The zero-order valence-electron chi connectivity index (χ0n) is 7.10. The fraction of sp³-hybridized carbons (Fsp3) is 1.00. The van der Waals surface area contributed by atoms with Crippen molar-refractivity contribution in [3.8, 4) is 0 Å². The topological polar surface area (TPSA) is 18.5 Å². The molecular formula is C7H14BO2. The highest BCUT2D eigenvalue weighted by molar-refractivity contribution is 6.18. The van der Waals surface area contributed by atoms with E-state index in [0.717, 1.165) is 6.61 Å². The number of hydrogen-bond acceptors (Lipinski definition) is 2. The SMILES string of the molecule is CC1(C)CO[B]OC1(C)C. The van der Waals surface area contributed by atoms with Gasteiger partial charge in [0.25, 0.3) is 0 Å². The molecule has 57 valence electrons. The minimum absolute atomic E-state index is 0.0990. The van der Waals surface area contributed by atoms with Crippen LogP contribution in [0.5, 0.6) is 0 Å². The van der Waals surface area contributed by atoms with Crippen molar-refractivity contribution in [2.75, 3.05) is 6.61 Å². The summed E-state index contributed by atoms with van der Waals surface area (Å²) in [6, 6.07) is 0. The summed E-state index contributed by atoms with van der Waals surface area (Å²) in [5.74, 6) is 0. The zero-order chi connectivity index (χ0) is 7.83. The van der Waals surface area contributed by atoms with Gasteiger partial charge in [-0.3, -0.25) is 0 Å². The lowest BCUT2D eigenvalue weighted by atomic mass is 9.76. The minimum atomic E-state index is -0.106. The maximum Gasteiger partial charge on any atom is 0.488 e. The maximum atomic E-state index is 5.33. The van der Waals surface area contributed by atoms with Gasteiger partial charge in [0.15, 0.2) is 0 Å². The maximum absolute atomic E-state index is 5.33. The Morgan fingerprint density at radius 2 is 1.80 bits per heavy atom. The molecule has 0 spiro atoms. The molecule has 1 rings (SSSR count). The van der Waals surface area contributed by atoms with Gasteiger partial charge in [-0.15, -0.1) is 0 Å². The van der Waals surface area contributed by atoms with Crippen LogP contribution < -0.4 is 0 Å². The first-order valence-corrected chi connectivity index (χ1v) is 3.57. The van der Waals surface area contributed by atoms with Crippen molar-refractivity contribution in [3.63, 3.8) is 0 Å². The highest BCUT2D eigenvalue weighted by atomic mass is 16.6. The van der Waals surface area contributed by atoms with E-state index in [1.165, 1.54) is 7.69 Å². The summed E-state index contributed by atoms with van der Waals surface area (Å²) >= 11 is 0. The minimum Gasteiger partial charge on any atom is -0.413 e. The zero-order valence-corrected chi connectivity index (χ0v) is 7.10. The molecule has 1 radical (unpaired) electrons. The van der Waals surface area contributed by atoms with Gasteiger partial charge in [-0.25, -0.2) is 0 Å². The smallest absolute Gasteiger partial charge is 0.413 e. The molecule has 1 saturated heterocycles. The summed E-state index contributed by atoms with van der Waals surface area (Å²) in [7, 11) is 1.44. The normalized spacial score (nSPS) is 29.2. The lowest BCUT2D eigenvalue weighted by Gasteiger charge is -2.44. The van der Waals surface area contributed by atoms with Gasteiger partial charge in [-0.2, -0.15) is 0 Å². The van der Waals surface area contributed by atoms with Gasteiger partial charge < -0.3 is 9.31 Å². The Bertz CT molecular complexity index is 116. The predicted molar refractivity (Wildman–Crippen MR) is 40.7 cm³/mol. The monoisotopic (exact) mass is 141 g/mol. The molecule has 2 nitrogen and oxygen atoms in total. The second-order valence-electron chi connectivity index (χ2n) is 3.92. The van der Waals surface area contributed by atoms with Crippen LogP contribution in [-0.4, -0.2) is 19.9 Å². The third kappa shape index (κ3) is 1.20. The van der Waals surface area contributed by atoms with Crippen LogP contribution in [0.1, 0.15) is 27.7 Å². The number of rotatable bonds is 0. The molecule has 1 aliphatic heterocycles. The number of hydrogen-bond donors (Lipinski definition) is 0. The lowest BCUT2D eigenvalue weighted by molar-refractivity contribution is -0.0873. The Morgan fingerprint density at radius 1 is 1.20 bits per heavy atom. The first-order chi connectivity index (χ1) is 4.46. The molecule has 0 amide bonds. The van der Waals surface area contributed by atoms with E-state index in [1.807, 2.05) is 0 Å². The first-order valence-electron chi connectivity index (χ1n) is 3.57. The fourth-order valence-corrected chi connectivity index (χ4v) is 0.730. The molecule has 1 aliphatic rings. The van der Waals surface area contributed by atoms with Crippen LogP contribution in [0.3, 0.4) is 0 Å². The van der Waals surface area contributed by atoms with Gasteiger partial charge in [0.2, 0.25) is 0 Å². The third-order valence-corrected chi connectivity index (χ3v) is 2.48. The quantitative estimate of drug-likeness (QED) is 0.474. The Labute approximate surface area is 63.2 Å². The van der Waals surface area contributed by atoms with E-state index < -0.39 is 0 Å². The van der Waals surface area contributed by atoms with E-state index in [9.17, 15) is 0 Å². The molecule has 0 saturated carbocycles. The van der Waals surface area contributed by atoms with E-state index in [-0.39, 0.29) is 11.0 Å². The Hall–Kier alpha value is -0.0151. The van der Waals surface area contributed by atoms with Crippen molar-refractivity contribution in [2.24, 2.45) is 5.41 Å². The van der Waals surface area contributed by atoms with Crippen LogP contribution in [0.15, 0.2) is 0 Å². The Kier molecular flexibility index (Phi) is 1.81. The first kappa shape index (κ1) is 8.09. The van der Waals surface area contributed by atoms with Crippen LogP contribution in [0.25, 0.3) is 0 Å². The third-order valence-electron chi connectivity index (χ3n) is 2.48. The fourth-order valence-electron chi connectivity index (χ4n) is 0.730. The van der Waals surface area contributed by atoms with Crippen LogP contribution in [0, 0.1) is 5.41 Å². The average Bonchev–Trinajstić information content (AvgIpc) is 1.77. The van der Waals surface area contributed by atoms with Crippen LogP contribution in [0.4, 0.5) is 0 Å². The van der Waals surface area contributed by atoms with Crippen molar-refractivity contribution >= 4 is 7.69 Å². The van der Waals surface area contributed by atoms with Gasteiger partial charge in [-0.1, -0.05) is 13.8 Å². The summed E-state index contributed by atoms with van der Waals surface area (Å²) in [4.78, 5) is 0. The molecule has 0 unspecified atom stereocenters. The molecule has 3 heteroatoms. The van der Waals surface area contributed by atoms with Crippen molar-refractivity contribution in [1.29, 1.82) is 0 Å². The van der Waals surface area contributed by atoms with Crippen molar-refractivity contribution in [3.05, 3.63) is 0 Å². The highest BCUT2D eigenvalue weighted by Crippen LogP contribution is 2.35. The predicted octanol–water partition coefficient (Wildman–Crippen LogP) is 1.37. The van der Waals surface area contributed by atoms with E-state index in [1.54, 1.807) is 0 Å². The van der Waals surface area contributed by atoms with Gasteiger partial charge in [0.05, 0.1) is 5.60 Å². The molecule has 0 aromatic heterocycles. The van der Waals surface area contributed by atoms with Gasteiger partial charge in [0.1, 0.15) is 0 Å². The van der Waals surface area contributed by atoms with E-state index in [4.69, 9.17) is 9.31 Å². The van der Waals surface area contributed by atoms with Crippen LogP contribution in [0.2, 0.25) is 0 Å². The van der Waals surface area contributed by atoms with E-state index >= 15 is 0 Å². The van der Waals surface area contributed by atoms with E-state index in [0.29, 0.717) is 0 Å². The lowest BCUT2D eigenvalue weighted by Crippen LogP contribution is -2.50. The second kappa shape index (κ2) is 2.24. The molecular weight excluding hydrogens is 127 g/mol. The summed E-state index contributed by atoms with van der Waals surface area (Å²) in [5, 5.41) is 0. The highest BCUT2D eigenvalue weighted by Gasteiger charge is 2.41. The molecule has 1 fully saturated rings. The largest absolute Gasteiger partial charge is 0.488 e. The summed E-state index contributed by atoms with van der Waals surface area (Å²) in [6.07, 6.45) is 0. The summed E-state index contributed by atoms with van der Waals surface area (Å²) in [5.41, 5.74) is -0.00694. The Balaban J connectivity index is 2.70. The summed E-state index contributed by atoms with van der Waals surface area (Å²) in [6.45, 7) is 9.16. The molecule has 0 N–H and O–H groups in total. The van der Waals surface area contributed by atoms with Gasteiger partial charge in [-0.05, 0) is 13.8 Å². The van der Waals surface area contributed by atoms with E-state index in [2.05, 4.69) is 27.7 Å². The molecule has 0 aliphatic carbocycles. The van der Waals surface area contributed by atoms with Crippen molar-refractivity contribution in [2.45, 2.75) is 33.3 Å². The average molecular weight is 141 g/mol. The Morgan fingerprint density at radius 3 is 2.10 bits per heavy atom.